The van der Waals surface area contributed by atoms with E-state index in [0.29, 0.717) is 6.54 Å². The molecule has 0 spiro atoms. The fourth-order valence-electron chi connectivity index (χ4n) is 1.13. The third-order valence-corrected chi connectivity index (χ3v) is 2.36. The number of benzene rings is 1. The molecule has 0 saturated heterocycles. The van der Waals surface area contributed by atoms with Gasteiger partial charge in [0.1, 0.15) is 6.33 Å². The van der Waals surface area contributed by atoms with Crippen LogP contribution in [-0.4, -0.2) is 9.36 Å². The molecule has 0 bridgehead atoms. The lowest BCUT2D eigenvalue weighted by molar-refractivity contribution is 1.07. The second kappa shape index (κ2) is 4.17. The first-order chi connectivity index (χ1) is 6.88. The van der Waals surface area contributed by atoms with E-state index in [0.717, 1.165) is 16.4 Å². The molecule has 14 heavy (non-hydrogen) atoms. The van der Waals surface area contributed by atoms with E-state index in [1.807, 2.05) is 24.3 Å². The molecule has 0 aliphatic carbocycles. The second-order valence-electron chi connectivity index (χ2n) is 2.78. The first-order valence-electron chi connectivity index (χ1n) is 4.21. The molecule has 0 fully saturated rings. The second-order valence-corrected chi connectivity index (χ2v) is 3.56. The molecule has 2 aromatic rings. The van der Waals surface area contributed by atoms with E-state index >= 15 is 0 Å². The van der Waals surface area contributed by atoms with Crippen LogP contribution in [-0.2, 0) is 6.54 Å². The van der Waals surface area contributed by atoms with Gasteiger partial charge in [0, 0.05) is 23.8 Å². The minimum Gasteiger partial charge on any atom is -0.330 e. The Kier molecular flexibility index (Phi) is 2.71. The number of nitrogens with two attached hydrogens (primary N) is 1. The number of nitrogens with zero attached hydrogens (tertiary/aromatic N) is 2. The van der Waals surface area contributed by atoms with Gasteiger partial charge < -0.3 is 11.1 Å². The van der Waals surface area contributed by atoms with Gasteiger partial charge in [0.2, 0.25) is 5.13 Å². The number of aromatic nitrogens is 2. The molecular formula is C9H10N4S. The van der Waals surface area contributed by atoms with Crippen molar-refractivity contribution in [1.82, 2.24) is 9.36 Å². The van der Waals surface area contributed by atoms with Crippen LogP contribution in [0.3, 0.4) is 0 Å². The normalized spacial score (nSPS) is 10.1. The molecule has 0 amide bonds. The van der Waals surface area contributed by atoms with E-state index in [4.69, 9.17) is 5.73 Å². The predicted molar refractivity (Wildman–Crippen MR) is 57.5 cm³/mol. The fraction of sp³-hybridized carbons (Fsp3) is 0.111. The van der Waals surface area contributed by atoms with E-state index < -0.39 is 0 Å². The lowest BCUT2D eigenvalue weighted by Crippen LogP contribution is -1.97. The Morgan fingerprint density at radius 3 is 3.07 bits per heavy atom. The quantitative estimate of drug-likeness (QED) is 0.803. The van der Waals surface area contributed by atoms with E-state index in [2.05, 4.69) is 14.7 Å². The third kappa shape index (κ3) is 2.07. The third-order valence-electron chi connectivity index (χ3n) is 1.78. The SMILES string of the molecule is NCc1cccc(Nc2ncns2)c1. The zero-order valence-electron chi connectivity index (χ0n) is 7.47. The molecule has 0 atom stereocenters. The summed E-state index contributed by atoms with van der Waals surface area (Å²) >= 11 is 1.33. The van der Waals surface area contributed by atoms with Crippen LogP contribution in [0, 0.1) is 0 Å². The molecule has 1 aromatic carbocycles. The molecule has 4 nitrogen and oxygen atoms in total. The van der Waals surface area contributed by atoms with Crippen LogP contribution in [0.2, 0.25) is 0 Å². The van der Waals surface area contributed by atoms with Crippen molar-refractivity contribution in [2.45, 2.75) is 6.54 Å². The van der Waals surface area contributed by atoms with Crippen molar-refractivity contribution in [1.29, 1.82) is 0 Å². The monoisotopic (exact) mass is 206 g/mol. The highest BCUT2D eigenvalue weighted by Crippen LogP contribution is 2.17. The minimum absolute atomic E-state index is 0.547. The molecule has 1 heterocycles. The average molecular weight is 206 g/mol. The molecule has 1 aromatic heterocycles. The molecule has 2 rings (SSSR count). The van der Waals surface area contributed by atoms with Crippen LogP contribution >= 0.6 is 11.5 Å². The summed E-state index contributed by atoms with van der Waals surface area (Å²) in [5.41, 5.74) is 7.63. The van der Waals surface area contributed by atoms with Crippen molar-refractivity contribution in [2.75, 3.05) is 5.32 Å². The molecule has 5 heteroatoms. The zero-order chi connectivity index (χ0) is 9.80. The van der Waals surface area contributed by atoms with Crippen molar-refractivity contribution in [2.24, 2.45) is 5.73 Å². The smallest absolute Gasteiger partial charge is 0.206 e. The Labute approximate surface area is 86.0 Å². The topological polar surface area (TPSA) is 63.8 Å². The van der Waals surface area contributed by atoms with Crippen LogP contribution in [0.25, 0.3) is 0 Å². The van der Waals surface area contributed by atoms with Gasteiger partial charge in [-0.1, -0.05) is 12.1 Å². The maximum Gasteiger partial charge on any atom is 0.206 e. The van der Waals surface area contributed by atoms with Crippen molar-refractivity contribution < 1.29 is 0 Å². The van der Waals surface area contributed by atoms with E-state index in [-0.39, 0.29) is 0 Å². The van der Waals surface area contributed by atoms with Crippen molar-refractivity contribution >= 4 is 22.4 Å². The number of anilines is 2. The summed E-state index contributed by atoms with van der Waals surface area (Å²) in [6.07, 6.45) is 1.53. The maximum absolute atomic E-state index is 5.54. The summed E-state index contributed by atoms with van der Waals surface area (Å²) in [7, 11) is 0. The van der Waals surface area contributed by atoms with E-state index in [1.54, 1.807) is 0 Å². The maximum atomic E-state index is 5.54. The fourth-order valence-corrected chi connectivity index (χ4v) is 1.58. The van der Waals surface area contributed by atoms with Crippen molar-refractivity contribution in [3.8, 4) is 0 Å². The lowest BCUT2D eigenvalue weighted by Gasteiger charge is -2.03. The van der Waals surface area contributed by atoms with E-state index in [9.17, 15) is 0 Å². The van der Waals surface area contributed by atoms with Gasteiger partial charge in [0.05, 0.1) is 0 Å². The van der Waals surface area contributed by atoms with Gasteiger partial charge in [0.25, 0.3) is 0 Å². The van der Waals surface area contributed by atoms with Gasteiger partial charge in [0.15, 0.2) is 0 Å². The number of rotatable bonds is 3. The summed E-state index contributed by atoms with van der Waals surface area (Å²) < 4.78 is 3.90. The van der Waals surface area contributed by atoms with Crippen LogP contribution < -0.4 is 11.1 Å². The Balaban J connectivity index is 2.17. The van der Waals surface area contributed by atoms with Crippen LogP contribution in [0.15, 0.2) is 30.6 Å². The Morgan fingerprint density at radius 2 is 2.36 bits per heavy atom. The predicted octanol–water partition coefficient (Wildman–Crippen LogP) is 1.74. The standard InChI is InChI=1S/C9H10N4S/c10-5-7-2-1-3-8(4-7)13-9-11-6-12-14-9/h1-4,6H,5,10H2,(H,11,12,13). The van der Waals surface area contributed by atoms with Gasteiger partial charge >= 0.3 is 0 Å². The summed E-state index contributed by atoms with van der Waals surface area (Å²) in [5.74, 6) is 0. The minimum atomic E-state index is 0.547. The largest absolute Gasteiger partial charge is 0.330 e. The van der Waals surface area contributed by atoms with Crippen LogP contribution in [0.5, 0.6) is 0 Å². The average Bonchev–Trinajstić information content (AvgIpc) is 2.71. The van der Waals surface area contributed by atoms with Gasteiger partial charge in [-0.05, 0) is 17.7 Å². The molecule has 0 unspecified atom stereocenters. The highest BCUT2D eigenvalue weighted by atomic mass is 32.1. The van der Waals surface area contributed by atoms with Crippen molar-refractivity contribution in [3.63, 3.8) is 0 Å². The lowest BCUT2D eigenvalue weighted by atomic mass is 10.2. The summed E-state index contributed by atoms with van der Waals surface area (Å²) in [4.78, 5) is 4.03. The summed E-state index contributed by atoms with van der Waals surface area (Å²) in [6, 6.07) is 7.93. The highest BCUT2D eigenvalue weighted by molar-refractivity contribution is 7.09. The molecular weight excluding hydrogens is 196 g/mol. The molecule has 0 aliphatic rings. The van der Waals surface area contributed by atoms with Gasteiger partial charge in [-0.15, -0.1) is 0 Å². The molecule has 0 radical (unpaired) electrons. The Morgan fingerprint density at radius 1 is 1.43 bits per heavy atom. The van der Waals surface area contributed by atoms with Gasteiger partial charge in [-0.3, -0.25) is 0 Å². The molecule has 0 saturated carbocycles. The zero-order valence-corrected chi connectivity index (χ0v) is 8.29. The van der Waals surface area contributed by atoms with Gasteiger partial charge in [-0.25, -0.2) is 4.98 Å². The van der Waals surface area contributed by atoms with Crippen molar-refractivity contribution in [3.05, 3.63) is 36.2 Å². The van der Waals surface area contributed by atoms with Crippen LogP contribution in [0.1, 0.15) is 5.56 Å². The molecule has 3 N–H and O–H groups in total. The Hall–Kier alpha value is -1.46. The highest BCUT2D eigenvalue weighted by Gasteiger charge is 1.97. The summed E-state index contributed by atoms with van der Waals surface area (Å²) in [6.45, 7) is 0.547. The molecule has 0 aliphatic heterocycles. The van der Waals surface area contributed by atoms with Gasteiger partial charge in [-0.2, -0.15) is 4.37 Å². The number of nitrogens with one attached hydrogen (secondary N) is 1. The number of hydrogen-bond acceptors (Lipinski definition) is 5. The first-order valence-corrected chi connectivity index (χ1v) is 4.98. The molecule has 72 valence electrons. The Bertz CT molecular complexity index is 399. The van der Waals surface area contributed by atoms with Crippen LogP contribution in [0.4, 0.5) is 10.8 Å². The first kappa shape index (κ1) is 9.11. The summed E-state index contributed by atoms with van der Waals surface area (Å²) in [5, 5.41) is 3.94. The number of hydrogen-bond donors (Lipinski definition) is 2. The van der Waals surface area contributed by atoms with E-state index in [1.165, 1.54) is 17.9 Å².